The average Bonchev–Trinajstić information content (AvgIpc) is 2.82. The van der Waals surface area contributed by atoms with Gasteiger partial charge in [0, 0.05) is 12.1 Å². The number of hydrogen-bond acceptors (Lipinski definition) is 4. The van der Waals surface area contributed by atoms with Gasteiger partial charge in [0.1, 0.15) is 5.82 Å². The van der Waals surface area contributed by atoms with Crippen molar-refractivity contribution >= 4 is 11.6 Å². The summed E-state index contributed by atoms with van der Waals surface area (Å²) in [4.78, 5) is 13.2. The van der Waals surface area contributed by atoms with E-state index in [1.807, 2.05) is 4.40 Å². The molecule has 0 saturated carbocycles. The van der Waals surface area contributed by atoms with E-state index in [2.05, 4.69) is 22.1 Å². The second-order valence-electron chi connectivity index (χ2n) is 5.08. The largest absolute Gasteiger partial charge is 0.478 e. The maximum Gasteiger partial charge on any atom is 0.335 e. The zero-order valence-corrected chi connectivity index (χ0v) is 10.8. The van der Waals surface area contributed by atoms with Gasteiger partial charge in [0.2, 0.25) is 0 Å². The zero-order chi connectivity index (χ0) is 13.4. The smallest absolute Gasteiger partial charge is 0.335 e. The van der Waals surface area contributed by atoms with Gasteiger partial charge in [-0.3, -0.25) is 4.40 Å². The highest BCUT2D eigenvalue weighted by Crippen LogP contribution is 2.26. The van der Waals surface area contributed by atoms with E-state index in [9.17, 15) is 4.79 Å². The molecule has 1 aliphatic rings. The molecule has 3 heterocycles. The molecule has 2 aromatic heterocycles. The minimum Gasteiger partial charge on any atom is -0.478 e. The molecule has 6 heteroatoms. The van der Waals surface area contributed by atoms with Crippen LogP contribution >= 0.6 is 0 Å². The van der Waals surface area contributed by atoms with Crippen molar-refractivity contribution in [2.75, 3.05) is 20.1 Å². The molecule has 19 heavy (non-hydrogen) atoms. The number of aromatic nitrogens is 3. The van der Waals surface area contributed by atoms with Crippen molar-refractivity contribution in [3.05, 3.63) is 29.7 Å². The molecule has 0 spiro atoms. The van der Waals surface area contributed by atoms with Gasteiger partial charge in [-0.25, -0.2) is 4.79 Å². The lowest BCUT2D eigenvalue weighted by Crippen LogP contribution is -2.29. The lowest BCUT2D eigenvalue weighted by atomic mass is 9.96. The van der Waals surface area contributed by atoms with Crippen LogP contribution in [0, 0.1) is 0 Å². The van der Waals surface area contributed by atoms with E-state index in [1.54, 1.807) is 18.3 Å². The topological polar surface area (TPSA) is 70.7 Å². The Hall–Kier alpha value is -1.95. The Kier molecular flexibility index (Phi) is 2.94. The normalized spacial score (nSPS) is 17.9. The number of aromatic carboxylic acids is 1. The van der Waals surface area contributed by atoms with Crippen LogP contribution in [0.4, 0.5) is 0 Å². The number of piperidine rings is 1. The first kappa shape index (κ1) is 12.1. The maximum absolute atomic E-state index is 10.9. The summed E-state index contributed by atoms with van der Waals surface area (Å²) in [5.74, 6) is 0.410. The van der Waals surface area contributed by atoms with Gasteiger partial charge in [-0.05, 0) is 45.1 Å². The predicted octanol–water partition coefficient (Wildman–Crippen LogP) is 1.24. The van der Waals surface area contributed by atoms with E-state index in [0.29, 0.717) is 11.6 Å². The lowest BCUT2D eigenvalue weighted by molar-refractivity contribution is 0.0697. The average molecular weight is 260 g/mol. The van der Waals surface area contributed by atoms with Crippen LogP contribution in [0.2, 0.25) is 0 Å². The summed E-state index contributed by atoms with van der Waals surface area (Å²) in [7, 11) is 2.12. The Balaban J connectivity index is 1.95. The molecular weight excluding hydrogens is 244 g/mol. The Morgan fingerprint density at radius 3 is 2.79 bits per heavy atom. The minimum atomic E-state index is -0.939. The molecule has 0 aromatic carbocycles. The van der Waals surface area contributed by atoms with Crippen LogP contribution in [-0.2, 0) is 0 Å². The molecule has 6 nitrogen and oxygen atoms in total. The van der Waals surface area contributed by atoms with Crippen LogP contribution in [0.3, 0.4) is 0 Å². The molecule has 0 aliphatic carbocycles. The van der Waals surface area contributed by atoms with E-state index in [-0.39, 0.29) is 5.56 Å². The molecule has 3 rings (SSSR count). The summed E-state index contributed by atoms with van der Waals surface area (Å²) < 4.78 is 1.91. The third-order valence-electron chi connectivity index (χ3n) is 3.77. The Morgan fingerprint density at radius 1 is 1.37 bits per heavy atom. The first-order valence-corrected chi connectivity index (χ1v) is 6.41. The summed E-state index contributed by atoms with van der Waals surface area (Å²) in [5.41, 5.74) is 0.851. The molecule has 100 valence electrons. The number of nitrogens with zero attached hydrogens (tertiary/aromatic N) is 4. The summed E-state index contributed by atoms with van der Waals surface area (Å²) in [6.45, 7) is 2.12. The van der Waals surface area contributed by atoms with E-state index in [4.69, 9.17) is 5.11 Å². The zero-order valence-electron chi connectivity index (χ0n) is 10.8. The van der Waals surface area contributed by atoms with Crippen LogP contribution in [0.5, 0.6) is 0 Å². The fraction of sp³-hybridized carbons (Fsp3) is 0.462. The summed E-state index contributed by atoms with van der Waals surface area (Å²) >= 11 is 0. The van der Waals surface area contributed by atoms with Gasteiger partial charge < -0.3 is 10.0 Å². The lowest BCUT2D eigenvalue weighted by Gasteiger charge is -2.27. The molecule has 0 bridgehead atoms. The Bertz CT molecular complexity index is 614. The van der Waals surface area contributed by atoms with Crippen molar-refractivity contribution in [2.45, 2.75) is 18.8 Å². The molecular formula is C13H16N4O2. The highest BCUT2D eigenvalue weighted by atomic mass is 16.4. The number of hydrogen-bond donors (Lipinski definition) is 1. The van der Waals surface area contributed by atoms with Crippen LogP contribution in [0.15, 0.2) is 18.3 Å². The van der Waals surface area contributed by atoms with Gasteiger partial charge in [0.25, 0.3) is 0 Å². The quantitative estimate of drug-likeness (QED) is 0.879. The second kappa shape index (κ2) is 4.62. The molecule has 0 radical (unpaired) electrons. The van der Waals surface area contributed by atoms with Crippen LogP contribution in [0.25, 0.3) is 5.65 Å². The molecule has 0 atom stereocenters. The summed E-state index contributed by atoms with van der Waals surface area (Å²) in [6.07, 6.45) is 3.89. The van der Waals surface area contributed by atoms with E-state index in [0.717, 1.165) is 31.8 Å². The molecule has 1 saturated heterocycles. The second-order valence-corrected chi connectivity index (χ2v) is 5.08. The van der Waals surface area contributed by atoms with Crippen LogP contribution in [-0.4, -0.2) is 50.7 Å². The van der Waals surface area contributed by atoms with Crippen molar-refractivity contribution < 1.29 is 9.90 Å². The molecule has 0 unspecified atom stereocenters. The van der Waals surface area contributed by atoms with Crippen molar-refractivity contribution in [1.82, 2.24) is 19.5 Å². The highest BCUT2D eigenvalue weighted by molar-refractivity contribution is 5.88. The van der Waals surface area contributed by atoms with Crippen molar-refractivity contribution in [2.24, 2.45) is 0 Å². The first-order valence-electron chi connectivity index (χ1n) is 6.41. The van der Waals surface area contributed by atoms with Gasteiger partial charge >= 0.3 is 5.97 Å². The first-order chi connectivity index (χ1) is 9.15. The van der Waals surface area contributed by atoms with Crippen LogP contribution < -0.4 is 0 Å². The van der Waals surface area contributed by atoms with E-state index >= 15 is 0 Å². The molecule has 1 fully saturated rings. The number of carboxylic acid groups (broad SMARTS) is 1. The molecule has 2 aromatic rings. The van der Waals surface area contributed by atoms with Crippen molar-refractivity contribution in [3.8, 4) is 0 Å². The van der Waals surface area contributed by atoms with E-state index < -0.39 is 5.97 Å². The summed E-state index contributed by atoms with van der Waals surface area (Å²) in [6, 6.07) is 3.16. The van der Waals surface area contributed by atoms with E-state index in [1.165, 1.54) is 0 Å². The van der Waals surface area contributed by atoms with Crippen LogP contribution in [0.1, 0.15) is 34.9 Å². The number of carboxylic acids is 1. The van der Waals surface area contributed by atoms with Gasteiger partial charge in [0.05, 0.1) is 5.56 Å². The van der Waals surface area contributed by atoms with Gasteiger partial charge in [-0.15, -0.1) is 10.2 Å². The highest BCUT2D eigenvalue weighted by Gasteiger charge is 2.23. The molecule has 0 amide bonds. The van der Waals surface area contributed by atoms with Gasteiger partial charge in [-0.2, -0.15) is 0 Å². The fourth-order valence-electron chi connectivity index (χ4n) is 2.59. The SMILES string of the molecule is CN1CCC(c2nnc3cc(C(=O)O)ccn23)CC1. The standard InChI is InChI=1S/C13H16N4O2/c1-16-5-2-9(3-6-16)12-15-14-11-8-10(13(18)19)4-7-17(11)12/h4,7-9H,2-3,5-6H2,1H3,(H,18,19). The predicted molar refractivity (Wildman–Crippen MR) is 69.4 cm³/mol. The summed E-state index contributed by atoms with van der Waals surface area (Å²) in [5, 5.41) is 17.3. The van der Waals surface area contributed by atoms with Gasteiger partial charge in [-0.1, -0.05) is 0 Å². The van der Waals surface area contributed by atoms with Crippen molar-refractivity contribution in [1.29, 1.82) is 0 Å². The van der Waals surface area contributed by atoms with Gasteiger partial charge in [0.15, 0.2) is 5.65 Å². The number of pyridine rings is 1. The number of rotatable bonds is 2. The molecule has 1 N–H and O–H groups in total. The Morgan fingerprint density at radius 2 is 2.11 bits per heavy atom. The number of likely N-dealkylation sites (tertiary alicyclic amines) is 1. The fourth-order valence-corrected chi connectivity index (χ4v) is 2.59. The third kappa shape index (κ3) is 2.19. The Labute approximate surface area is 110 Å². The molecule has 1 aliphatic heterocycles. The maximum atomic E-state index is 10.9. The monoisotopic (exact) mass is 260 g/mol. The van der Waals surface area contributed by atoms with Crippen molar-refractivity contribution in [3.63, 3.8) is 0 Å². The number of fused-ring (bicyclic) bond motifs is 1. The number of carbonyl (C=O) groups is 1. The third-order valence-corrected chi connectivity index (χ3v) is 3.77. The minimum absolute atomic E-state index is 0.245.